The first-order valence-electron chi connectivity index (χ1n) is 14.7. The van der Waals surface area contributed by atoms with Crippen LogP contribution in [0.1, 0.15) is 71.8 Å². The Hall–Kier alpha value is -3.50. The number of aliphatic hydroxyl groups excluding tert-OH is 1. The number of ether oxygens (including phenoxy) is 2. The molecule has 0 radical (unpaired) electrons. The Balaban J connectivity index is 1.81. The smallest absolute Gasteiger partial charge is 0.308 e. The molecule has 2 aliphatic rings. The van der Waals surface area contributed by atoms with Gasteiger partial charge in [0.05, 0.1) is 30.7 Å². The van der Waals surface area contributed by atoms with E-state index in [0.717, 1.165) is 5.56 Å². The molecular weight excluding hydrogens is 542 g/mol. The Bertz CT molecular complexity index is 1190. The van der Waals surface area contributed by atoms with Gasteiger partial charge in [0, 0.05) is 36.7 Å². The van der Waals surface area contributed by atoms with E-state index in [9.17, 15) is 24.3 Å². The Morgan fingerprint density at radius 2 is 1.88 bits per heavy atom. The van der Waals surface area contributed by atoms with Crippen LogP contribution in [0.4, 0.5) is 0 Å². The number of hydrogen-bond donors (Lipinski definition) is 3. The van der Waals surface area contributed by atoms with Crippen molar-refractivity contribution >= 4 is 23.5 Å². The van der Waals surface area contributed by atoms with Crippen molar-refractivity contribution in [2.75, 3.05) is 6.61 Å². The van der Waals surface area contributed by atoms with Crippen LogP contribution in [-0.2, 0) is 35.4 Å². The van der Waals surface area contributed by atoms with Gasteiger partial charge in [-0.25, -0.2) is 0 Å². The van der Waals surface area contributed by atoms with Gasteiger partial charge in [0.25, 0.3) is 0 Å². The van der Waals surface area contributed by atoms with Crippen LogP contribution < -0.4 is 10.2 Å². The van der Waals surface area contributed by atoms with Gasteiger partial charge in [-0.05, 0) is 43.4 Å². The van der Waals surface area contributed by atoms with Crippen LogP contribution in [0.3, 0.4) is 0 Å². The number of fused-ring (bicyclic) bond motifs is 1. The number of aliphatic hydroxyl groups is 1. The number of carbonyl (C=O) groups is 4. The van der Waals surface area contributed by atoms with Gasteiger partial charge in [-0.2, -0.15) is 0 Å². The molecule has 1 aromatic carbocycles. The molecule has 42 heavy (non-hydrogen) atoms. The number of Topliss-reactive ketones (excluding diaryl/α,β-unsaturated/α-hetero) is 1. The molecule has 6 atom stereocenters. The third kappa shape index (κ3) is 8.75. The van der Waals surface area contributed by atoms with E-state index in [1.165, 1.54) is 0 Å². The minimum absolute atomic E-state index is 0.0615. The Morgan fingerprint density at radius 1 is 1.14 bits per heavy atom. The van der Waals surface area contributed by atoms with Crippen molar-refractivity contribution in [2.45, 2.75) is 85.0 Å². The third-order valence-electron chi connectivity index (χ3n) is 8.07. The quantitative estimate of drug-likeness (QED) is 0.189. The lowest BCUT2D eigenvalue weighted by Crippen LogP contribution is -2.45. The summed E-state index contributed by atoms with van der Waals surface area (Å²) in [5.74, 6) is -2.57. The lowest BCUT2D eigenvalue weighted by molar-refractivity contribution is -0.157. The van der Waals surface area contributed by atoms with Crippen LogP contribution in [-0.4, -0.2) is 52.5 Å². The molecule has 0 aliphatic heterocycles. The highest BCUT2D eigenvalue weighted by atomic mass is 16.6. The summed E-state index contributed by atoms with van der Waals surface area (Å²) in [6.07, 6.45) is 2.26. The molecule has 3 N–H and O–H groups in total. The molecule has 0 saturated heterocycles. The first-order chi connectivity index (χ1) is 20.0. The molecular formula is C32H43NO9. The largest absolute Gasteiger partial charge is 0.494 e. The van der Waals surface area contributed by atoms with Crippen molar-refractivity contribution < 1.29 is 43.7 Å². The second-order valence-corrected chi connectivity index (χ2v) is 11.1. The number of rotatable bonds is 16. The number of esters is 1. The molecule has 0 fully saturated rings. The van der Waals surface area contributed by atoms with E-state index in [2.05, 4.69) is 5.48 Å². The minimum atomic E-state index is -1.27. The summed E-state index contributed by atoms with van der Waals surface area (Å²) in [5.41, 5.74) is 5.12. The van der Waals surface area contributed by atoms with Crippen molar-refractivity contribution in [3.8, 4) is 5.75 Å². The number of carbonyl (C=O) groups excluding carboxylic acids is 3. The summed E-state index contributed by atoms with van der Waals surface area (Å²) < 4.78 is 11.7. The van der Waals surface area contributed by atoms with Gasteiger partial charge in [-0.3, -0.25) is 29.5 Å². The monoisotopic (exact) mass is 585 g/mol. The summed E-state index contributed by atoms with van der Waals surface area (Å²) in [5, 5.41) is 18.8. The summed E-state index contributed by atoms with van der Waals surface area (Å²) in [4.78, 5) is 55.3. The maximum Gasteiger partial charge on any atom is 0.308 e. The van der Waals surface area contributed by atoms with Gasteiger partial charge in [-0.15, -0.1) is 0 Å². The standard InChI is InChI=1S/C32H43NO9/c1-5-19(3)32(39)42-29-14-13-26(33-41-18-21-9-7-8-10-28(21)40-6-2)25-17-27(36)20(4)24(31(25)29)12-11-22(34)15-23(35)16-30(37)38/h7-10,13,17,19-20,23-24,29,31,33,35H,5-6,11-12,14-16,18H2,1-4H3,(H,37,38). The molecule has 3 rings (SSSR count). The van der Waals surface area contributed by atoms with E-state index < -0.39 is 30.5 Å². The zero-order valence-corrected chi connectivity index (χ0v) is 24.8. The average molecular weight is 586 g/mol. The van der Waals surface area contributed by atoms with E-state index in [1.54, 1.807) is 6.08 Å². The SMILES string of the molecule is CCOc1ccccc1CONC1=CCC(OC(=O)C(C)CC)C2C1=CC(=O)C(C)C2CCC(=O)CC(O)CC(=O)O. The van der Waals surface area contributed by atoms with E-state index in [1.807, 2.05) is 58.0 Å². The van der Waals surface area contributed by atoms with Gasteiger partial charge < -0.3 is 19.7 Å². The number of para-hydroxylation sites is 1. The fraction of sp³-hybridized carbons (Fsp3) is 0.562. The van der Waals surface area contributed by atoms with Crippen molar-refractivity contribution in [1.29, 1.82) is 0 Å². The second-order valence-electron chi connectivity index (χ2n) is 11.1. The van der Waals surface area contributed by atoms with E-state index in [0.29, 0.717) is 42.9 Å². The maximum atomic E-state index is 13.2. The molecule has 0 spiro atoms. The van der Waals surface area contributed by atoms with Crippen LogP contribution in [0.15, 0.2) is 47.7 Å². The highest BCUT2D eigenvalue weighted by Gasteiger charge is 2.45. The molecule has 0 amide bonds. The molecule has 0 bridgehead atoms. The number of ketones is 2. The zero-order chi connectivity index (χ0) is 30.8. The fourth-order valence-corrected chi connectivity index (χ4v) is 5.53. The maximum absolute atomic E-state index is 13.2. The normalized spacial score (nSPS) is 23.1. The summed E-state index contributed by atoms with van der Waals surface area (Å²) in [7, 11) is 0. The topological polar surface area (TPSA) is 148 Å². The number of allylic oxidation sites excluding steroid dienone is 2. The minimum Gasteiger partial charge on any atom is -0.494 e. The van der Waals surface area contributed by atoms with Gasteiger partial charge in [0.15, 0.2) is 5.78 Å². The number of carboxylic acids is 1. The number of hydrogen-bond acceptors (Lipinski definition) is 9. The molecule has 1 aromatic rings. The summed E-state index contributed by atoms with van der Waals surface area (Å²) in [6.45, 7) is 8.16. The molecule has 10 heteroatoms. The van der Waals surface area contributed by atoms with Crippen LogP contribution in [0, 0.1) is 23.7 Å². The van der Waals surface area contributed by atoms with Crippen molar-refractivity contribution in [3.63, 3.8) is 0 Å². The van der Waals surface area contributed by atoms with Gasteiger partial charge >= 0.3 is 11.9 Å². The predicted molar refractivity (Wildman–Crippen MR) is 154 cm³/mol. The number of aliphatic carboxylic acids is 1. The fourth-order valence-electron chi connectivity index (χ4n) is 5.53. The van der Waals surface area contributed by atoms with Crippen LogP contribution in [0.2, 0.25) is 0 Å². The molecule has 6 unspecified atom stereocenters. The predicted octanol–water partition coefficient (Wildman–Crippen LogP) is 4.30. The van der Waals surface area contributed by atoms with Crippen molar-refractivity contribution in [1.82, 2.24) is 5.48 Å². The summed E-state index contributed by atoms with van der Waals surface area (Å²) in [6, 6.07) is 7.54. The Morgan fingerprint density at radius 3 is 2.57 bits per heavy atom. The molecule has 2 aliphatic carbocycles. The molecule has 0 saturated carbocycles. The number of hydroxylamine groups is 1. The number of benzene rings is 1. The molecule has 0 aromatic heterocycles. The summed E-state index contributed by atoms with van der Waals surface area (Å²) >= 11 is 0. The van der Waals surface area contributed by atoms with Gasteiger partial charge in [0.1, 0.15) is 24.2 Å². The zero-order valence-electron chi connectivity index (χ0n) is 24.8. The highest BCUT2D eigenvalue weighted by Crippen LogP contribution is 2.45. The first-order valence-corrected chi connectivity index (χ1v) is 14.7. The highest BCUT2D eigenvalue weighted by molar-refractivity contribution is 5.94. The molecule has 0 heterocycles. The molecule has 10 nitrogen and oxygen atoms in total. The van der Waals surface area contributed by atoms with Crippen LogP contribution in [0.25, 0.3) is 0 Å². The van der Waals surface area contributed by atoms with E-state index in [4.69, 9.17) is 19.4 Å². The van der Waals surface area contributed by atoms with Crippen molar-refractivity contribution in [2.24, 2.45) is 23.7 Å². The Kier molecular flexibility index (Phi) is 12.3. The number of carboxylic acid groups (broad SMARTS) is 1. The first kappa shape index (κ1) is 33.0. The van der Waals surface area contributed by atoms with E-state index >= 15 is 0 Å². The average Bonchev–Trinajstić information content (AvgIpc) is 2.94. The number of nitrogens with one attached hydrogen (secondary N) is 1. The van der Waals surface area contributed by atoms with Crippen LogP contribution in [0.5, 0.6) is 5.75 Å². The van der Waals surface area contributed by atoms with Gasteiger partial charge in [0.2, 0.25) is 0 Å². The van der Waals surface area contributed by atoms with E-state index in [-0.39, 0.29) is 54.7 Å². The molecule has 230 valence electrons. The van der Waals surface area contributed by atoms with Crippen LogP contribution >= 0.6 is 0 Å². The Labute approximate surface area is 247 Å². The second kappa shape index (κ2) is 15.7. The lowest BCUT2D eigenvalue weighted by atomic mass is 9.65. The van der Waals surface area contributed by atoms with Gasteiger partial charge in [-0.1, -0.05) is 45.0 Å². The van der Waals surface area contributed by atoms with Crippen molar-refractivity contribution in [3.05, 3.63) is 53.3 Å². The lowest BCUT2D eigenvalue weighted by Gasteiger charge is -2.43. The third-order valence-corrected chi connectivity index (χ3v) is 8.07.